The molecule has 15 heavy (non-hydrogen) atoms. The molecular weight excluding hydrogens is 194 g/mol. The van der Waals surface area contributed by atoms with Gasteiger partial charge in [-0.2, -0.15) is 0 Å². The van der Waals surface area contributed by atoms with Gasteiger partial charge in [-0.05, 0) is 19.9 Å². The van der Waals surface area contributed by atoms with E-state index in [1.165, 1.54) is 0 Å². The molecule has 0 amide bonds. The Morgan fingerprint density at radius 1 is 1.47 bits per heavy atom. The van der Waals surface area contributed by atoms with Gasteiger partial charge in [-0.25, -0.2) is 0 Å². The SMILES string of the molecule is CCOCCNCCC(C)(C)C(N)=NO. The molecule has 0 saturated carbocycles. The smallest absolute Gasteiger partial charge is 0.144 e. The first-order chi connectivity index (χ1) is 7.04. The number of oxime groups is 1. The zero-order valence-corrected chi connectivity index (χ0v) is 9.92. The minimum Gasteiger partial charge on any atom is -0.409 e. The summed E-state index contributed by atoms with van der Waals surface area (Å²) in [5.41, 5.74) is 5.29. The fourth-order valence-electron chi connectivity index (χ4n) is 1.08. The molecule has 0 bridgehead atoms. The summed E-state index contributed by atoms with van der Waals surface area (Å²) in [6.07, 6.45) is 0.828. The highest BCUT2D eigenvalue weighted by molar-refractivity contribution is 5.85. The van der Waals surface area contributed by atoms with Crippen LogP contribution in [0, 0.1) is 5.41 Å². The lowest BCUT2D eigenvalue weighted by molar-refractivity contribution is 0.149. The van der Waals surface area contributed by atoms with E-state index in [4.69, 9.17) is 15.7 Å². The molecule has 0 spiro atoms. The molecule has 0 saturated heterocycles. The van der Waals surface area contributed by atoms with E-state index in [2.05, 4.69) is 10.5 Å². The molecule has 0 aromatic rings. The summed E-state index contributed by atoms with van der Waals surface area (Å²) in [6.45, 7) is 9.01. The van der Waals surface area contributed by atoms with Gasteiger partial charge in [0.1, 0.15) is 5.84 Å². The van der Waals surface area contributed by atoms with Crippen LogP contribution < -0.4 is 11.1 Å². The molecule has 0 aromatic carbocycles. The summed E-state index contributed by atoms with van der Waals surface area (Å²) >= 11 is 0. The van der Waals surface area contributed by atoms with E-state index in [-0.39, 0.29) is 11.3 Å². The van der Waals surface area contributed by atoms with Crippen LogP contribution in [-0.2, 0) is 4.74 Å². The predicted molar refractivity (Wildman–Crippen MR) is 61.2 cm³/mol. The molecule has 0 radical (unpaired) electrons. The second-order valence-electron chi connectivity index (χ2n) is 4.07. The molecule has 0 atom stereocenters. The van der Waals surface area contributed by atoms with Crippen LogP contribution in [0.3, 0.4) is 0 Å². The largest absolute Gasteiger partial charge is 0.409 e. The summed E-state index contributed by atoms with van der Waals surface area (Å²) in [7, 11) is 0. The van der Waals surface area contributed by atoms with Gasteiger partial charge in [-0.3, -0.25) is 0 Å². The number of amidine groups is 1. The lowest BCUT2D eigenvalue weighted by Crippen LogP contribution is -2.35. The van der Waals surface area contributed by atoms with E-state index in [0.29, 0.717) is 0 Å². The third-order valence-corrected chi connectivity index (χ3v) is 2.36. The zero-order chi connectivity index (χ0) is 11.7. The van der Waals surface area contributed by atoms with Gasteiger partial charge in [0.05, 0.1) is 6.61 Å². The highest BCUT2D eigenvalue weighted by Crippen LogP contribution is 2.19. The Morgan fingerprint density at radius 2 is 2.13 bits per heavy atom. The third-order valence-electron chi connectivity index (χ3n) is 2.36. The van der Waals surface area contributed by atoms with Gasteiger partial charge in [-0.1, -0.05) is 19.0 Å². The number of hydrogen-bond acceptors (Lipinski definition) is 4. The summed E-state index contributed by atoms with van der Waals surface area (Å²) < 4.78 is 5.18. The second-order valence-corrected chi connectivity index (χ2v) is 4.07. The molecule has 0 fully saturated rings. The lowest BCUT2D eigenvalue weighted by Gasteiger charge is -2.22. The molecule has 5 nitrogen and oxygen atoms in total. The molecule has 90 valence electrons. The summed E-state index contributed by atoms with van der Waals surface area (Å²) in [5.74, 6) is 0.272. The van der Waals surface area contributed by atoms with Crippen LogP contribution in [0.2, 0.25) is 0 Å². The standard InChI is InChI=1S/C10H23N3O2/c1-4-15-8-7-12-6-5-10(2,3)9(11)13-14/h12,14H,4-8H2,1-3H3,(H2,11,13). The van der Waals surface area contributed by atoms with Gasteiger partial charge in [0.25, 0.3) is 0 Å². The first-order valence-corrected chi connectivity index (χ1v) is 5.31. The quantitative estimate of drug-likeness (QED) is 0.184. The monoisotopic (exact) mass is 217 g/mol. The van der Waals surface area contributed by atoms with Crippen molar-refractivity contribution in [3.63, 3.8) is 0 Å². The molecule has 0 aliphatic rings. The van der Waals surface area contributed by atoms with Crippen molar-refractivity contribution in [3.05, 3.63) is 0 Å². The van der Waals surface area contributed by atoms with Crippen LogP contribution in [-0.4, -0.2) is 37.3 Å². The van der Waals surface area contributed by atoms with Crippen molar-refractivity contribution in [2.75, 3.05) is 26.3 Å². The molecule has 0 unspecified atom stereocenters. The van der Waals surface area contributed by atoms with Crippen molar-refractivity contribution >= 4 is 5.84 Å². The number of nitrogens with two attached hydrogens (primary N) is 1. The Balaban J connectivity index is 3.58. The minimum absolute atomic E-state index is 0.270. The van der Waals surface area contributed by atoms with E-state index in [9.17, 15) is 0 Å². The molecule has 0 aromatic heterocycles. The highest BCUT2D eigenvalue weighted by Gasteiger charge is 2.22. The predicted octanol–water partition coefficient (Wildman–Crippen LogP) is 0.775. The number of nitrogens with one attached hydrogen (secondary N) is 1. The van der Waals surface area contributed by atoms with Crippen LogP contribution in [0.25, 0.3) is 0 Å². The van der Waals surface area contributed by atoms with Gasteiger partial charge >= 0.3 is 0 Å². The van der Waals surface area contributed by atoms with Gasteiger partial charge in [0.15, 0.2) is 0 Å². The Hall–Kier alpha value is -0.810. The second kappa shape index (κ2) is 7.48. The molecule has 0 aliphatic heterocycles. The van der Waals surface area contributed by atoms with Crippen LogP contribution >= 0.6 is 0 Å². The van der Waals surface area contributed by atoms with Crippen LogP contribution in [0.5, 0.6) is 0 Å². The maximum absolute atomic E-state index is 8.57. The summed E-state index contributed by atoms with van der Waals surface area (Å²) in [6, 6.07) is 0. The van der Waals surface area contributed by atoms with Gasteiger partial charge in [0.2, 0.25) is 0 Å². The van der Waals surface area contributed by atoms with Crippen molar-refractivity contribution in [2.24, 2.45) is 16.3 Å². The zero-order valence-electron chi connectivity index (χ0n) is 9.92. The van der Waals surface area contributed by atoms with E-state index in [0.717, 1.165) is 32.7 Å². The third kappa shape index (κ3) is 6.30. The average Bonchev–Trinajstić information content (AvgIpc) is 2.22. The van der Waals surface area contributed by atoms with Crippen molar-refractivity contribution in [1.29, 1.82) is 0 Å². The fraction of sp³-hybridized carbons (Fsp3) is 0.900. The summed E-state index contributed by atoms with van der Waals surface area (Å²) in [4.78, 5) is 0. The number of nitrogens with zero attached hydrogens (tertiary/aromatic N) is 1. The van der Waals surface area contributed by atoms with Crippen LogP contribution in [0.1, 0.15) is 27.2 Å². The molecular formula is C10H23N3O2. The van der Waals surface area contributed by atoms with Crippen molar-refractivity contribution in [2.45, 2.75) is 27.2 Å². The van der Waals surface area contributed by atoms with Crippen molar-refractivity contribution in [1.82, 2.24) is 5.32 Å². The van der Waals surface area contributed by atoms with E-state index in [1.54, 1.807) is 0 Å². The van der Waals surface area contributed by atoms with Gasteiger partial charge in [0, 0.05) is 18.6 Å². The van der Waals surface area contributed by atoms with Crippen LogP contribution in [0.4, 0.5) is 0 Å². The Kier molecular flexibility index (Phi) is 7.07. The molecule has 0 aliphatic carbocycles. The summed E-state index contributed by atoms with van der Waals surface area (Å²) in [5, 5.41) is 14.8. The number of rotatable bonds is 8. The average molecular weight is 217 g/mol. The maximum Gasteiger partial charge on any atom is 0.144 e. The maximum atomic E-state index is 8.57. The molecule has 0 rings (SSSR count). The first kappa shape index (κ1) is 14.2. The Bertz CT molecular complexity index is 193. The fourth-order valence-corrected chi connectivity index (χ4v) is 1.08. The van der Waals surface area contributed by atoms with Gasteiger partial charge < -0.3 is 21.0 Å². The normalized spacial score (nSPS) is 13.1. The minimum atomic E-state index is -0.270. The topological polar surface area (TPSA) is 79.9 Å². The van der Waals surface area contributed by atoms with Crippen molar-refractivity contribution < 1.29 is 9.94 Å². The molecule has 5 heteroatoms. The Labute approximate surface area is 91.7 Å². The highest BCUT2D eigenvalue weighted by atomic mass is 16.5. The molecule has 0 heterocycles. The van der Waals surface area contributed by atoms with Crippen LogP contribution in [0.15, 0.2) is 5.16 Å². The first-order valence-electron chi connectivity index (χ1n) is 5.31. The van der Waals surface area contributed by atoms with E-state index >= 15 is 0 Å². The van der Waals surface area contributed by atoms with Gasteiger partial charge in [-0.15, -0.1) is 0 Å². The lowest BCUT2D eigenvalue weighted by atomic mass is 9.88. The van der Waals surface area contributed by atoms with Crippen molar-refractivity contribution in [3.8, 4) is 0 Å². The van der Waals surface area contributed by atoms with E-state index in [1.807, 2.05) is 20.8 Å². The van der Waals surface area contributed by atoms with E-state index < -0.39 is 0 Å². The Morgan fingerprint density at radius 3 is 2.67 bits per heavy atom. The molecule has 4 N–H and O–H groups in total. The number of ether oxygens (including phenoxy) is 1. The number of hydrogen-bond donors (Lipinski definition) is 3.